The van der Waals surface area contributed by atoms with Crippen molar-refractivity contribution in [1.82, 2.24) is 0 Å². The van der Waals surface area contributed by atoms with Crippen molar-refractivity contribution in [2.24, 2.45) is 0 Å². The summed E-state index contributed by atoms with van der Waals surface area (Å²) in [5.41, 5.74) is 2.42. The molecule has 3 rings (SSSR count). The molecule has 0 aliphatic carbocycles. The van der Waals surface area contributed by atoms with Gasteiger partial charge < -0.3 is 10.1 Å². The van der Waals surface area contributed by atoms with E-state index >= 15 is 0 Å². The number of hydrogen-bond acceptors (Lipinski definition) is 3. The van der Waals surface area contributed by atoms with E-state index in [9.17, 15) is 14.0 Å². The number of carbonyl (C=O) groups is 2. The molecule has 1 amide bonds. The Morgan fingerprint density at radius 1 is 0.929 bits per heavy atom. The van der Waals surface area contributed by atoms with Gasteiger partial charge in [0.15, 0.2) is 0 Å². The highest BCUT2D eigenvalue weighted by atomic mass is 19.1. The van der Waals surface area contributed by atoms with Gasteiger partial charge in [-0.25, -0.2) is 4.39 Å². The third-order valence-corrected chi connectivity index (χ3v) is 4.20. The van der Waals surface area contributed by atoms with Gasteiger partial charge in [-0.3, -0.25) is 9.59 Å². The highest BCUT2D eigenvalue weighted by Crippen LogP contribution is 2.21. The Kier molecular flexibility index (Phi) is 6.17. The molecule has 0 aliphatic rings. The highest BCUT2D eigenvalue weighted by molar-refractivity contribution is 5.96. The largest absolute Gasteiger partial charge is 0.447 e. The number of esters is 1. The van der Waals surface area contributed by atoms with Gasteiger partial charge in [0.2, 0.25) is 6.10 Å². The van der Waals surface area contributed by atoms with Crippen molar-refractivity contribution < 1.29 is 18.7 Å². The van der Waals surface area contributed by atoms with E-state index < -0.39 is 23.8 Å². The van der Waals surface area contributed by atoms with Crippen LogP contribution in [0.25, 0.3) is 0 Å². The summed E-state index contributed by atoms with van der Waals surface area (Å²) in [4.78, 5) is 25.2. The molecule has 1 N–H and O–H groups in total. The molecular formula is C23H20FNO3. The molecule has 142 valence electrons. The molecular weight excluding hydrogens is 357 g/mol. The van der Waals surface area contributed by atoms with Gasteiger partial charge in [-0.2, -0.15) is 0 Å². The summed E-state index contributed by atoms with van der Waals surface area (Å²) in [5, 5.41) is 2.76. The fourth-order valence-corrected chi connectivity index (χ4v) is 2.72. The fourth-order valence-electron chi connectivity index (χ4n) is 2.72. The van der Waals surface area contributed by atoms with Crippen LogP contribution in [0, 0.1) is 12.7 Å². The third-order valence-electron chi connectivity index (χ3n) is 4.20. The average molecular weight is 377 g/mol. The SMILES string of the molecule is Cc1ccc(NC(=O)C(OC(=O)Cc2ccccc2F)c2ccccc2)cc1. The van der Waals surface area contributed by atoms with E-state index in [1.165, 1.54) is 12.1 Å². The first-order valence-electron chi connectivity index (χ1n) is 8.88. The topological polar surface area (TPSA) is 55.4 Å². The van der Waals surface area contributed by atoms with Crippen molar-refractivity contribution >= 4 is 17.6 Å². The van der Waals surface area contributed by atoms with Gasteiger partial charge in [0.1, 0.15) is 5.82 Å². The Bertz CT molecular complexity index is 955. The van der Waals surface area contributed by atoms with Crippen LogP contribution in [-0.2, 0) is 20.7 Å². The standard InChI is InChI=1S/C23H20FNO3/c1-16-11-13-19(14-12-16)25-23(27)22(17-7-3-2-4-8-17)28-21(26)15-18-9-5-6-10-20(18)24/h2-14,22H,15H2,1H3,(H,25,27). The summed E-state index contributed by atoms with van der Waals surface area (Å²) in [5.74, 6) is -1.64. The van der Waals surface area contributed by atoms with Crippen LogP contribution in [0.1, 0.15) is 22.8 Å². The Morgan fingerprint density at radius 2 is 1.57 bits per heavy atom. The maximum absolute atomic E-state index is 13.8. The minimum atomic E-state index is -1.14. The van der Waals surface area contributed by atoms with Crippen LogP contribution in [-0.4, -0.2) is 11.9 Å². The normalized spacial score (nSPS) is 11.5. The molecule has 0 saturated heterocycles. The summed E-state index contributed by atoms with van der Waals surface area (Å²) in [6, 6.07) is 22.0. The fraction of sp³-hybridized carbons (Fsp3) is 0.130. The summed E-state index contributed by atoms with van der Waals surface area (Å²) < 4.78 is 19.2. The Labute approximate surface area is 163 Å². The lowest BCUT2D eigenvalue weighted by molar-refractivity contribution is -0.154. The second kappa shape index (κ2) is 8.95. The summed E-state index contributed by atoms with van der Waals surface area (Å²) in [6.45, 7) is 1.95. The van der Waals surface area contributed by atoms with E-state index in [4.69, 9.17) is 4.74 Å². The first-order valence-corrected chi connectivity index (χ1v) is 8.88. The van der Waals surface area contributed by atoms with E-state index in [0.717, 1.165) is 5.56 Å². The highest BCUT2D eigenvalue weighted by Gasteiger charge is 2.25. The Hall–Kier alpha value is -3.47. The van der Waals surface area contributed by atoms with E-state index in [-0.39, 0.29) is 12.0 Å². The monoisotopic (exact) mass is 377 g/mol. The zero-order chi connectivity index (χ0) is 19.9. The lowest BCUT2D eigenvalue weighted by Crippen LogP contribution is -2.26. The minimum Gasteiger partial charge on any atom is -0.447 e. The van der Waals surface area contributed by atoms with E-state index in [2.05, 4.69) is 5.32 Å². The summed E-state index contributed by atoms with van der Waals surface area (Å²) >= 11 is 0. The van der Waals surface area contributed by atoms with Crippen LogP contribution in [0.2, 0.25) is 0 Å². The van der Waals surface area contributed by atoms with Gasteiger partial charge in [-0.05, 0) is 30.7 Å². The third kappa shape index (κ3) is 5.04. The molecule has 3 aromatic carbocycles. The number of nitrogens with one attached hydrogen (secondary N) is 1. The van der Waals surface area contributed by atoms with Crippen molar-refractivity contribution in [3.63, 3.8) is 0 Å². The number of ether oxygens (including phenoxy) is 1. The van der Waals surface area contributed by atoms with Crippen molar-refractivity contribution in [3.8, 4) is 0 Å². The first kappa shape index (κ1) is 19.3. The number of benzene rings is 3. The lowest BCUT2D eigenvalue weighted by Gasteiger charge is -2.18. The molecule has 1 unspecified atom stereocenters. The summed E-state index contributed by atoms with van der Waals surface area (Å²) in [7, 11) is 0. The molecule has 0 saturated carbocycles. The lowest BCUT2D eigenvalue weighted by atomic mass is 10.1. The predicted molar refractivity (Wildman–Crippen MR) is 105 cm³/mol. The van der Waals surface area contributed by atoms with Crippen LogP contribution in [0.4, 0.5) is 10.1 Å². The zero-order valence-corrected chi connectivity index (χ0v) is 15.4. The van der Waals surface area contributed by atoms with Crippen LogP contribution in [0.5, 0.6) is 0 Å². The molecule has 5 heteroatoms. The molecule has 0 radical (unpaired) electrons. The second-order valence-electron chi connectivity index (χ2n) is 6.40. The maximum atomic E-state index is 13.8. The quantitative estimate of drug-likeness (QED) is 0.639. The van der Waals surface area contributed by atoms with Crippen LogP contribution in [0.15, 0.2) is 78.9 Å². The van der Waals surface area contributed by atoms with Crippen LogP contribution in [0.3, 0.4) is 0 Å². The van der Waals surface area contributed by atoms with Gasteiger partial charge in [-0.1, -0.05) is 66.2 Å². The van der Waals surface area contributed by atoms with Crippen LogP contribution >= 0.6 is 0 Å². The van der Waals surface area contributed by atoms with Gasteiger partial charge in [0, 0.05) is 11.3 Å². The number of amides is 1. The number of hydrogen-bond donors (Lipinski definition) is 1. The van der Waals surface area contributed by atoms with E-state index in [0.29, 0.717) is 11.3 Å². The minimum absolute atomic E-state index is 0.221. The smallest absolute Gasteiger partial charge is 0.311 e. The van der Waals surface area contributed by atoms with Crippen molar-refractivity contribution in [2.75, 3.05) is 5.32 Å². The van der Waals surface area contributed by atoms with Crippen molar-refractivity contribution in [3.05, 3.63) is 101 Å². The zero-order valence-electron chi connectivity index (χ0n) is 15.4. The molecule has 28 heavy (non-hydrogen) atoms. The van der Waals surface area contributed by atoms with E-state index in [1.807, 2.05) is 19.1 Å². The number of aryl methyl sites for hydroxylation is 1. The Morgan fingerprint density at radius 3 is 2.25 bits per heavy atom. The molecule has 0 bridgehead atoms. The molecule has 4 nitrogen and oxygen atoms in total. The molecule has 0 aromatic heterocycles. The number of halogens is 1. The number of carbonyl (C=O) groups excluding carboxylic acids is 2. The second-order valence-corrected chi connectivity index (χ2v) is 6.40. The average Bonchev–Trinajstić information content (AvgIpc) is 2.70. The first-order chi connectivity index (χ1) is 13.5. The Balaban J connectivity index is 1.77. The molecule has 0 heterocycles. The number of rotatable bonds is 6. The van der Waals surface area contributed by atoms with Crippen molar-refractivity contribution in [1.29, 1.82) is 0 Å². The number of anilines is 1. The molecule has 0 spiro atoms. The van der Waals surface area contributed by atoms with Gasteiger partial charge in [0.25, 0.3) is 5.91 Å². The van der Waals surface area contributed by atoms with Gasteiger partial charge in [-0.15, -0.1) is 0 Å². The predicted octanol–water partition coefficient (Wildman–Crippen LogP) is 4.60. The van der Waals surface area contributed by atoms with Crippen LogP contribution < -0.4 is 5.32 Å². The van der Waals surface area contributed by atoms with Gasteiger partial charge in [0.05, 0.1) is 6.42 Å². The molecule has 0 aliphatic heterocycles. The molecule has 1 atom stereocenters. The maximum Gasteiger partial charge on any atom is 0.311 e. The molecule has 3 aromatic rings. The van der Waals surface area contributed by atoms with E-state index in [1.54, 1.807) is 54.6 Å². The molecule has 0 fully saturated rings. The summed E-state index contributed by atoms with van der Waals surface area (Å²) in [6.07, 6.45) is -1.39. The van der Waals surface area contributed by atoms with Gasteiger partial charge >= 0.3 is 5.97 Å². The van der Waals surface area contributed by atoms with Crippen molar-refractivity contribution in [2.45, 2.75) is 19.4 Å².